The third-order valence-corrected chi connectivity index (χ3v) is 6.16. The Hall–Kier alpha value is -3.30. The van der Waals surface area contributed by atoms with Crippen molar-refractivity contribution >= 4 is 38.9 Å². The second-order valence-corrected chi connectivity index (χ2v) is 8.33. The molecular formula is C22H22N6O2S. The van der Waals surface area contributed by atoms with Crippen LogP contribution in [0, 0.1) is 6.92 Å². The minimum absolute atomic E-state index is 0.150. The van der Waals surface area contributed by atoms with Gasteiger partial charge in [0, 0.05) is 36.8 Å². The number of anilines is 3. The van der Waals surface area contributed by atoms with Crippen LogP contribution in [0.4, 0.5) is 16.6 Å². The van der Waals surface area contributed by atoms with Gasteiger partial charge in [0.25, 0.3) is 5.56 Å². The molecule has 1 N–H and O–H groups in total. The van der Waals surface area contributed by atoms with Crippen molar-refractivity contribution in [2.45, 2.75) is 6.92 Å². The topological polar surface area (TPSA) is 85.2 Å². The van der Waals surface area contributed by atoms with Gasteiger partial charge < -0.3 is 19.5 Å². The van der Waals surface area contributed by atoms with Gasteiger partial charge in [0.05, 0.1) is 36.4 Å². The maximum Gasteiger partial charge on any atom is 0.264 e. The molecule has 0 saturated carbocycles. The van der Waals surface area contributed by atoms with Crippen LogP contribution >= 0.6 is 11.3 Å². The van der Waals surface area contributed by atoms with Crippen LogP contribution in [-0.4, -0.2) is 45.8 Å². The van der Waals surface area contributed by atoms with Crippen LogP contribution in [-0.2, 0) is 11.8 Å². The van der Waals surface area contributed by atoms with Gasteiger partial charge in [-0.05, 0) is 25.1 Å². The molecule has 0 unspecified atom stereocenters. The third kappa shape index (κ3) is 3.89. The number of nitrogens with one attached hydrogen (secondary N) is 1. The number of thiazole rings is 1. The summed E-state index contributed by atoms with van der Waals surface area (Å²) in [7, 11) is 1.68. The van der Waals surface area contributed by atoms with E-state index in [0.29, 0.717) is 21.9 Å². The lowest BCUT2D eigenvalue weighted by atomic mass is 10.1. The van der Waals surface area contributed by atoms with Crippen molar-refractivity contribution in [1.82, 2.24) is 19.5 Å². The molecule has 0 amide bonds. The molecule has 0 bridgehead atoms. The van der Waals surface area contributed by atoms with Crippen LogP contribution in [0.1, 0.15) is 5.69 Å². The van der Waals surface area contributed by atoms with Crippen molar-refractivity contribution in [2.75, 3.05) is 36.5 Å². The van der Waals surface area contributed by atoms with Gasteiger partial charge in [0.1, 0.15) is 11.2 Å². The molecule has 0 spiro atoms. The Morgan fingerprint density at radius 1 is 1.13 bits per heavy atom. The molecule has 4 heterocycles. The molecule has 1 aromatic carbocycles. The highest BCUT2D eigenvalue weighted by Crippen LogP contribution is 2.29. The summed E-state index contributed by atoms with van der Waals surface area (Å²) >= 11 is 1.48. The number of aromatic nitrogens is 4. The van der Waals surface area contributed by atoms with Gasteiger partial charge in [0.15, 0.2) is 5.13 Å². The molecule has 1 fully saturated rings. The van der Waals surface area contributed by atoms with E-state index in [9.17, 15) is 4.79 Å². The number of benzene rings is 1. The summed E-state index contributed by atoms with van der Waals surface area (Å²) in [5, 5.41) is 6.33. The monoisotopic (exact) mass is 434 g/mol. The lowest BCUT2D eigenvalue weighted by Gasteiger charge is -2.28. The van der Waals surface area contributed by atoms with Crippen LogP contribution in [0.5, 0.6) is 0 Å². The highest BCUT2D eigenvalue weighted by Gasteiger charge is 2.16. The van der Waals surface area contributed by atoms with Crippen LogP contribution in [0.3, 0.4) is 0 Å². The van der Waals surface area contributed by atoms with Crippen molar-refractivity contribution in [3.63, 3.8) is 0 Å². The summed E-state index contributed by atoms with van der Waals surface area (Å²) in [4.78, 5) is 28.8. The zero-order valence-corrected chi connectivity index (χ0v) is 18.1. The van der Waals surface area contributed by atoms with E-state index in [2.05, 4.69) is 44.5 Å². The number of aryl methyl sites for hydroxylation is 2. The lowest BCUT2D eigenvalue weighted by molar-refractivity contribution is 0.122. The number of rotatable bonds is 4. The smallest absolute Gasteiger partial charge is 0.264 e. The van der Waals surface area contributed by atoms with Crippen molar-refractivity contribution in [1.29, 1.82) is 0 Å². The summed E-state index contributed by atoms with van der Waals surface area (Å²) in [5.74, 6) is 0.466. The zero-order chi connectivity index (χ0) is 21.4. The Labute approximate surface area is 183 Å². The number of ether oxygens (including phenoxy) is 1. The molecule has 31 heavy (non-hydrogen) atoms. The minimum atomic E-state index is -0.150. The quantitative estimate of drug-likeness (QED) is 0.527. The average molecular weight is 435 g/mol. The molecule has 158 valence electrons. The van der Waals surface area contributed by atoms with E-state index < -0.39 is 0 Å². The normalized spacial score (nSPS) is 14.2. The number of hydrogen-bond donors (Lipinski definition) is 1. The second kappa shape index (κ2) is 8.09. The summed E-state index contributed by atoms with van der Waals surface area (Å²) in [5.41, 5.74) is 4.23. The van der Waals surface area contributed by atoms with Crippen LogP contribution in [0.2, 0.25) is 0 Å². The first-order valence-corrected chi connectivity index (χ1v) is 10.9. The molecule has 1 saturated heterocycles. The van der Waals surface area contributed by atoms with E-state index >= 15 is 0 Å². The first kappa shape index (κ1) is 19.7. The molecule has 0 aliphatic carbocycles. The number of fused-ring (bicyclic) bond motifs is 1. The van der Waals surface area contributed by atoms with Gasteiger partial charge >= 0.3 is 0 Å². The van der Waals surface area contributed by atoms with Crippen molar-refractivity contribution in [2.24, 2.45) is 7.05 Å². The maximum absolute atomic E-state index is 12.8. The number of nitrogens with zero attached hydrogens (tertiary/aromatic N) is 5. The predicted octanol–water partition coefficient (Wildman–Crippen LogP) is 3.34. The Morgan fingerprint density at radius 3 is 2.61 bits per heavy atom. The van der Waals surface area contributed by atoms with Crippen LogP contribution in [0.25, 0.3) is 22.2 Å². The van der Waals surface area contributed by atoms with E-state index in [4.69, 9.17) is 9.72 Å². The molecule has 1 aliphatic rings. The Bertz CT molecular complexity index is 1290. The van der Waals surface area contributed by atoms with Crippen molar-refractivity contribution < 1.29 is 4.74 Å². The number of hydrogen-bond acceptors (Lipinski definition) is 8. The fraction of sp³-hybridized carbons (Fsp3) is 0.273. The first-order chi connectivity index (χ1) is 15.1. The Balaban J connectivity index is 1.57. The highest BCUT2D eigenvalue weighted by atomic mass is 32.1. The largest absolute Gasteiger partial charge is 0.378 e. The fourth-order valence-electron chi connectivity index (χ4n) is 3.64. The lowest BCUT2D eigenvalue weighted by Crippen LogP contribution is -2.36. The molecule has 1 aliphatic heterocycles. The Morgan fingerprint density at radius 2 is 1.90 bits per heavy atom. The molecule has 0 atom stereocenters. The van der Waals surface area contributed by atoms with Crippen molar-refractivity contribution in [3.05, 3.63) is 58.1 Å². The first-order valence-electron chi connectivity index (χ1n) is 10.1. The molecule has 5 rings (SSSR count). The second-order valence-electron chi connectivity index (χ2n) is 7.48. The van der Waals surface area contributed by atoms with Crippen LogP contribution < -0.4 is 15.8 Å². The summed E-state index contributed by atoms with van der Waals surface area (Å²) in [6.45, 7) is 5.21. The third-order valence-electron chi connectivity index (χ3n) is 5.29. The van der Waals surface area contributed by atoms with Gasteiger partial charge in [-0.25, -0.2) is 15.0 Å². The van der Waals surface area contributed by atoms with E-state index in [1.807, 2.05) is 18.4 Å². The number of pyridine rings is 1. The predicted molar refractivity (Wildman–Crippen MR) is 123 cm³/mol. The van der Waals surface area contributed by atoms with Gasteiger partial charge in [0.2, 0.25) is 0 Å². The van der Waals surface area contributed by atoms with Crippen molar-refractivity contribution in [3.8, 4) is 11.3 Å². The minimum Gasteiger partial charge on any atom is -0.378 e. The zero-order valence-electron chi connectivity index (χ0n) is 17.3. The molecule has 9 heteroatoms. The van der Waals surface area contributed by atoms with Gasteiger partial charge in [-0.3, -0.25) is 4.79 Å². The molecule has 3 aromatic heterocycles. The Kier molecular flexibility index (Phi) is 5.13. The molecule has 8 nitrogen and oxygen atoms in total. The molecule has 4 aromatic rings. The van der Waals surface area contributed by atoms with E-state index in [0.717, 1.165) is 48.9 Å². The highest BCUT2D eigenvalue weighted by molar-refractivity contribution is 7.13. The van der Waals surface area contributed by atoms with Gasteiger partial charge in [-0.1, -0.05) is 12.1 Å². The average Bonchev–Trinajstić information content (AvgIpc) is 3.21. The maximum atomic E-state index is 12.8. The summed E-state index contributed by atoms with van der Waals surface area (Å²) < 4.78 is 6.90. The van der Waals surface area contributed by atoms with Gasteiger partial charge in [-0.15, -0.1) is 11.3 Å². The molecular weight excluding hydrogens is 412 g/mol. The summed E-state index contributed by atoms with van der Waals surface area (Å²) in [6.07, 6.45) is 1.54. The van der Waals surface area contributed by atoms with Crippen LogP contribution in [0.15, 0.2) is 46.8 Å². The van der Waals surface area contributed by atoms with Gasteiger partial charge in [-0.2, -0.15) is 0 Å². The standard InChI is InChI=1S/C22H22N6O2S/c1-14-12-31-22(24-14)26-20-19-18(23-13-27(2)21(19)29)11-17(25-20)15-3-5-16(6-4-15)28-7-9-30-10-8-28/h3-6,11-13H,7-10H2,1-2H3,(H,24,25,26). The van der Waals surface area contributed by atoms with E-state index in [1.54, 1.807) is 7.05 Å². The molecule has 0 radical (unpaired) electrons. The SMILES string of the molecule is Cc1csc(Nc2nc(-c3ccc(N4CCOCC4)cc3)cc3ncn(C)c(=O)c23)n1. The van der Waals surface area contributed by atoms with E-state index in [1.165, 1.54) is 22.2 Å². The summed E-state index contributed by atoms with van der Waals surface area (Å²) in [6, 6.07) is 10.2. The fourth-order valence-corrected chi connectivity index (χ4v) is 4.32. The number of morpholine rings is 1. The van der Waals surface area contributed by atoms with E-state index in [-0.39, 0.29) is 5.56 Å².